The first-order valence-electron chi connectivity index (χ1n) is 7.75. The molecule has 4 rings (SSSR count). The van der Waals surface area contributed by atoms with E-state index in [1.807, 2.05) is 24.3 Å². The summed E-state index contributed by atoms with van der Waals surface area (Å²) in [7, 11) is 0. The normalized spacial score (nSPS) is 10.8. The van der Waals surface area contributed by atoms with Crippen LogP contribution in [0, 0.1) is 22.7 Å². The van der Waals surface area contributed by atoms with Gasteiger partial charge in [-0.05, 0) is 24.3 Å². The molecule has 0 atom stereocenters. The second kappa shape index (κ2) is 6.34. The highest BCUT2D eigenvalue weighted by Crippen LogP contribution is 2.20. The molecule has 7 heteroatoms. The van der Waals surface area contributed by atoms with E-state index in [9.17, 15) is 0 Å². The topological polar surface area (TPSA) is 103 Å². The van der Waals surface area contributed by atoms with E-state index < -0.39 is 0 Å². The van der Waals surface area contributed by atoms with Crippen molar-refractivity contribution in [2.75, 3.05) is 5.32 Å². The Kier molecular flexibility index (Phi) is 3.74. The van der Waals surface area contributed by atoms with Gasteiger partial charge in [-0.2, -0.15) is 15.6 Å². The molecule has 0 aliphatic carbocycles. The van der Waals surface area contributed by atoms with E-state index in [-0.39, 0.29) is 0 Å². The van der Waals surface area contributed by atoms with Crippen molar-refractivity contribution in [1.82, 2.24) is 19.6 Å². The number of rotatable bonds is 3. The maximum absolute atomic E-state index is 9.13. The molecule has 1 N–H and O–H groups in total. The minimum absolute atomic E-state index is 0.426. The van der Waals surface area contributed by atoms with Crippen LogP contribution in [0.1, 0.15) is 16.8 Å². The van der Waals surface area contributed by atoms with Crippen LogP contribution in [0.15, 0.2) is 55.1 Å². The Hall–Kier alpha value is -4.23. The number of hydrogen-bond acceptors (Lipinski definition) is 6. The van der Waals surface area contributed by atoms with Gasteiger partial charge in [-0.15, -0.1) is 0 Å². The number of nitriles is 2. The zero-order valence-corrected chi connectivity index (χ0v) is 13.5. The van der Waals surface area contributed by atoms with Gasteiger partial charge in [0.1, 0.15) is 17.7 Å². The van der Waals surface area contributed by atoms with Gasteiger partial charge in [0.2, 0.25) is 0 Å². The van der Waals surface area contributed by atoms with Crippen molar-refractivity contribution in [3.05, 3.63) is 71.9 Å². The smallest absolute Gasteiger partial charge is 0.173 e. The summed E-state index contributed by atoms with van der Waals surface area (Å²) in [5.74, 6) is 0. The molecule has 0 aliphatic rings. The molecule has 0 unspecified atom stereocenters. The fourth-order valence-electron chi connectivity index (χ4n) is 2.69. The third-order valence-corrected chi connectivity index (χ3v) is 3.93. The average Bonchev–Trinajstić information content (AvgIpc) is 3.12. The molecule has 26 heavy (non-hydrogen) atoms. The number of nitrogens with one attached hydrogen (secondary N) is 1. The van der Waals surface area contributed by atoms with Gasteiger partial charge in [0.25, 0.3) is 0 Å². The van der Waals surface area contributed by atoms with Crippen molar-refractivity contribution in [2.45, 2.75) is 0 Å². The van der Waals surface area contributed by atoms with Gasteiger partial charge in [-0.25, -0.2) is 9.50 Å². The summed E-state index contributed by atoms with van der Waals surface area (Å²) >= 11 is 0. The molecule has 122 valence electrons. The molecule has 1 aromatic carbocycles. The molecule has 4 aromatic rings. The number of pyridine rings is 1. The number of hydrogen-bond donors (Lipinski definition) is 1. The zero-order chi connectivity index (χ0) is 17.9. The van der Waals surface area contributed by atoms with Gasteiger partial charge in [0.15, 0.2) is 5.65 Å². The summed E-state index contributed by atoms with van der Waals surface area (Å²) < 4.78 is 1.63. The SMILES string of the molecule is N#Cc1ccccc1N/C=C/c1nccc2c1cnc1c(C#N)cnn12. The molecular weight excluding hydrogens is 326 g/mol. The monoisotopic (exact) mass is 337 g/mol. The van der Waals surface area contributed by atoms with Crippen LogP contribution in [0.4, 0.5) is 5.69 Å². The maximum atomic E-state index is 9.13. The largest absolute Gasteiger partial charge is 0.361 e. The third-order valence-electron chi connectivity index (χ3n) is 3.93. The summed E-state index contributed by atoms with van der Waals surface area (Å²) in [6.45, 7) is 0. The molecule has 0 saturated heterocycles. The quantitative estimate of drug-likeness (QED) is 0.616. The Morgan fingerprint density at radius 2 is 1.85 bits per heavy atom. The summed E-state index contributed by atoms with van der Waals surface area (Å²) in [5.41, 5.74) is 3.74. The van der Waals surface area contributed by atoms with Crippen LogP contribution in [0.5, 0.6) is 0 Å². The van der Waals surface area contributed by atoms with E-state index in [1.165, 1.54) is 6.20 Å². The first-order chi connectivity index (χ1) is 12.8. The second-order valence-electron chi connectivity index (χ2n) is 5.43. The molecule has 0 spiro atoms. The number of anilines is 1. The molecule has 0 aliphatic heterocycles. The highest BCUT2D eigenvalue weighted by molar-refractivity contribution is 5.87. The van der Waals surface area contributed by atoms with Crippen molar-refractivity contribution in [3.63, 3.8) is 0 Å². The van der Waals surface area contributed by atoms with E-state index in [0.717, 1.165) is 16.6 Å². The summed E-state index contributed by atoms with van der Waals surface area (Å²) in [6, 6.07) is 13.3. The van der Waals surface area contributed by atoms with Crippen molar-refractivity contribution in [3.8, 4) is 12.1 Å². The van der Waals surface area contributed by atoms with Crippen LogP contribution >= 0.6 is 0 Å². The second-order valence-corrected chi connectivity index (χ2v) is 5.43. The van der Waals surface area contributed by atoms with E-state index >= 15 is 0 Å². The number of para-hydroxylation sites is 1. The first-order valence-corrected chi connectivity index (χ1v) is 7.75. The minimum Gasteiger partial charge on any atom is -0.361 e. The van der Waals surface area contributed by atoms with E-state index in [4.69, 9.17) is 10.5 Å². The molecule has 0 saturated carbocycles. The van der Waals surface area contributed by atoms with Crippen molar-refractivity contribution in [1.29, 1.82) is 10.5 Å². The predicted octanol–water partition coefficient (Wildman–Crippen LogP) is 3.10. The van der Waals surface area contributed by atoms with Crippen LogP contribution in [-0.4, -0.2) is 19.6 Å². The fraction of sp³-hybridized carbons (Fsp3) is 0. The van der Waals surface area contributed by atoms with Crippen molar-refractivity contribution >= 4 is 28.3 Å². The van der Waals surface area contributed by atoms with Gasteiger partial charge in [0, 0.05) is 24.0 Å². The van der Waals surface area contributed by atoms with Gasteiger partial charge in [-0.1, -0.05) is 12.1 Å². The highest BCUT2D eigenvalue weighted by atomic mass is 15.2. The predicted molar refractivity (Wildman–Crippen MR) is 96.8 cm³/mol. The Balaban J connectivity index is 1.73. The molecule has 0 bridgehead atoms. The molecule has 3 aromatic heterocycles. The molecule has 0 fully saturated rings. The Bertz CT molecular complexity index is 1240. The fourth-order valence-corrected chi connectivity index (χ4v) is 2.69. The Morgan fingerprint density at radius 3 is 2.69 bits per heavy atom. The van der Waals surface area contributed by atoms with E-state index in [1.54, 1.807) is 35.3 Å². The average molecular weight is 337 g/mol. The molecule has 7 nitrogen and oxygen atoms in total. The lowest BCUT2D eigenvalue weighted by Crippen LogP contribution is -1.96. The lowest BCUT2D eigenvalue weighted by atomic mass is 10.2. The highest BCUT2D eigenvalue weighted by Gasteiger charge is 2.09. The van der Waals surface area contributed by atoms with Crippen LogP contribution in [0.2, 0.25) is 0 Å². The summed E-state index contributed by atoms with van der Waals surface area (Å²) in [6.07, 6.45) is 8.39. The number of aromatic nitrogens is 4. The first kappa shape index (κ1) is 15.3. The van der Waals surface area contributed by atoms with E-state index in [0.29, 0.717) is 22.5 Å². The number of nitrogens with zero attached hydrogens (tertiary/aromatic N) is 6. The lowest BCUT2D eigenvalue weighted by Gasteiger charge is -2.05. The Labute approximate surface area is 148 Å². The van der Waals surface area contributed by atoms with Crippen LogP contribution in [-0.2, 0) is 0 Å². The minimum atomic E-state index is 0.426. The van der Waals surface area contributed by atoms with Crippen molar-refractivity contribution in [2.24, 2.45) is 0 Å². The van der Waals surface area contributed by atoms with Crippen LogP contribution < -0.4 is 5.32 Å². The Morgan fingerprint density at radius 1 is 1.00 bits per heavy atom. The van der Waals surface area contributed by atoms with Gasteiger partial charge >= 0.3 is 0 Å². The molecule has 0 radical (unpaired) electrons. The summed E-state index contributed by atoms with van der Waals surface area (Å²) in [5, 5.41) is 26.4. The lowest BCUT2D eigenvalue weighted by molar-refractivity contribution is 0.981. The van der Waals surface area contributed by atoms with Gasteiger partial charge in [0.05, 0.1) is 28.7 Å². The number of fused-ring (bicyclic) bond motifs is 3. The number of benzene rings is 1. The maximum Gasteiger partial charge on any atom is 0.173 e. The van der Waals surface area contributed by atoms with Crippen LogP contribution in [0.3, 0.4) is 0 Å². The third kappa shape index (κ3) is 2.50. The summed E-state index contributed by atoms with van der Waals surface area (Å²) in [4.78, 5) is 8.71. The molecule has 3 heterocycles. The van der Waals surface area contributed by atoms with Gasteiger partial charge < -0.3 is 5.32 Å². The zero-order valence-electron chi connectivity index (χ0n) is 13.5. The molecular formula is C19H11N7. The standard InChI is InChI=1S/C19H11N7/c20-9-13-3-1-2-4-16(13)22-7-5-17-15-12-24-19-14(10-21)11-25-26(19)18(15)6-8-23-17/h1-8,11-12,22H/b7-5+. The van der Waals surface area contributed by atoms with E-state index in [2.05, 4.69) is 32.5 Å². The molecule has 0 amide bonds. The van der Waals surface area contributed by atoms with Gasteiger partial charge in [-0.3, -0.25) is 4.98 Å². The van der Waals surface area contributed by atoms with Crippen LogP contribution in [0.25, 0.3) is 22.6 Å². The van der Waals surface area contributed by atoms with Crippen molar-refractivity contribution < 1.29 is 0 Å².